The first-order valence-electron chi connectivity index (χ1n) is 7.38. The van der Waals surface area contributed by atoms with E-state index in [1.165, 1.54) is 0 Å². The molecule has 24 heavy (non-hydrogen) atoms. The lowest BCUT2D eigenvalue weighted by atomic mass is 10.2. The molecule has 0 fully saturated rings. The molecule has 5 nitrogen and oxygen atoms in total. The van der Waals surface area contributed by atoms with E-state index in [9.17, 15) is 0 Å². The molecule has 3 aromatic rings. The molecule has 0 amide bonds. The van der Waals surface area contributed by atoms with Gasteiger partial charge >= 0.3 is 0 Å². The predicted molar refractivity (Wildman–Crippen MR) is 98.5 cm³/mol. The lowest BCUT2D eigenvalue weighted by Crippen LogP contribution is -1.96. The van der Waals surface area contributed by atoms with Crippen LogP contribution >= 0.6 is 23.8 Å². The highest BCUT2D eigenvalue weighted by atomic mass is 35.5. The Labute approximate surface area is 149 Å². The maximum absolute atomic E-state index is 6.24. The monoisotopic (exact) mass is 358 g/mol. The van der Waals surface area contributed by atoms with Crippen LogP contribution in [0.15, 0.2) is 53.6 Å². The van der Waals surface area contributed by atoms with Crippen LogP contribution in [0.1, 0.15) is 12.5 Å². The first-order valence-corrected chi connectivity index (χ1v) is 8.17. The second kappa shape index (κ2) is 7.42. The normalized spacial score (nSPS) is 11.1. The number of halogens is 1. The largest absolute Gasteiger partial charge is 0.494 e. The van der Waals surface area contributed by atoms with Crippen LogP contribution in [0, 0.1) is 4.77 Å². The van der Waals surface area contributed by atoms with E-state index >= 15 is 0 Å². The highest BCUT2D eigenvalue weighted by molar-refractivity contribution is 7.71. The second-order valence-corrected chi connectivity index (χ2v) is 5.68. The fourth-order valence-electron chi connectivity index (χ4n) is 2.16. The van der Waals surface area contributed by atoms with Gasteiger partial charge in [-0.1, -0.05) is 23.7 Å². The van der Waals surface area contributed by atoms with Crippen molar-refractivity contribution in [2.24, 2.45) is 5.10 Å². The van der Waals surface area contributed by atoms with Gasteiger partial charge in [-0.25, -0.2) is 5.10 Å². The summed E-state index contributed by atoms with van der Waals surface area (Å²) in [5, 5.41) is 12.0. The molecule has 1 N–H and O–H groups in total. The molecule has 122 valence electrons. The van der Waals surface area contributed by atoms with Crippen LogP contribution in [0.25, 0.3) is 11.4 Å². The first-order chi connectivity index (χ1) is 11.7. The van der Waals surface area contributed by atoms with E-state index in [0.29, 0.717) is 22.2 Å². The molecule has 0 saturated heterocycles. The summed E-state index contributed by atoms with van der Waals surface area (Å²) >= 11 is 11.5. The maximum atomic E-state index is 6.24. The summed E-state index contributed by atoms with van der Waals surface area (Å²) in [6, 6.07) is 15.1. The summed E-state index contributed by atoms with van der Waals surface area (Å²) in [4.78, 5) is 0. The summed E-state index contributed by atoms with van der Waals surface area (Å²) in [6.07, 6.45) is 1.71. The molecule has 0 aliphatic rings. The van der Waals surface area contributed by atoms with Crippen molar-refractivity contribution < 1.29 is 4.74 Å². The number of benzene rings is 2. The molecule has 0 radical (unpaired) electrons. The molecule has 3 rings (SSSR count). The number of rotatable bonds is 5. The molecule has 0 bridgehead atoms. The van der Waals surface area contributed by atoms with Crippen molar-refractivity contribution in [2.75, 3.05) is 6.61 Å². The quantitative estimate of drug-likeness (QED) is 0.538. The Kier molecular flexibility index (Phi) is 5.08. The molecular formula is C17H15ClN4OS. The minimum Gasteiger partial charge on any atom is -0.494 e. The zero-order valence-corrected chi connectivity index (χ0v) is 14.5. The number of hydrogen-bond donors (Lipinski definition) is 1. The molecule has 1 heterocycles. The van der Waals surface area contributed by atoms with Gasteiger partial charge in [-0.05, 0) is 61.1 Å². The Hall–Kier alpha value is -2.44. The number of ether oxygens (including phenoxy) is 1. The van der Waals surface area contributed by atoms with Crippen molar-refractivity contribution >= 4 is 30.0 Å². The van der Waals surface area contributed by atoms with Gasteiger partial charge in [0.05, 0.1) is 17.8 Å². The minimum atomic E-state index is 0.395. The van der Waals surface area contributed by atoms with Crippen molar-refractivity contribution in [2.45, 2.75) is 6.92 Å². The van der Waals surface area contributed by atoms with Gasteiger partial charge in [0.25, 0.3) is 0 Å². The lowest BCUT2D eigenvalue weighted by molar-refractivity contribution is 0.340. The van der Waals surface area contributed by atoms with Gasteiger partial charge < -0.3 is 4.74 Å². The molecule has 0 aliphatic carbocycles. The van der Waals surface area contributed by atoms with Gasteiger partial charge in [-0.2, -0.15) is 14.9 Å². The molecule has 0 atom stereocenters. The SMILES string of the molecule is CCOc1ccc(C=Nn2c(-c3ccccc3Cl)n[nH]c2=S)cc1. The average molecular weight is 359 g/mol. The zero-order valence-electron chi connectivity index (χ0n) is 12.9. The smallest absolute Gasteiger partial charge is 0.216 e. The number of nitrogens with zero attached hydrogens (tertiary/aromatic N) is 3. The fraction of sp³-hybridized carbons (Fsp3) is 0.118. The Morgan fingerprint density at radius 3 is 2.71 bits per heavy atom. The van der Waals surface area contributed by atoms with Gasteiger partial charge in [-0.3, -0.25) is 0 Å². The first kappa shape index (κ1) is 16.4. The Bertz CT molecular complexity index is 915. The van der Waals surface area contributed by atoms with Crippen LogP contribution in [0.4, 0.5) is 0 Å². The molecule has 0 aliphatic heterocycles. The zero-order chi connectivity index (χ0) is 16.9. The summed E-state index contributed by atoms with van der Waals surface area (Å²) in [6.45, 7) is 2.59. The number of hydrogen-bond acceptors (Lipinski definition) is 4. The van der Waals surface area contributed by atoms with E-state index in [2.05, 4.69) is 15.3 Å². The predicted octanol–water partition coefficient (Wildman–Crippen LogP) is 4.54. The summed E-state index contributed by atoms with van der Waals surface area (Å²) in [5.41, 5.74) is 1.68. The summed E-state index contributed by atoms with van der Waals surface area (Å²) < 4.78 is 7.37. The van der Waals surface area contributed by atoms with Gasteiger partial charge in [0, 0.05) is 5.56 Å². The highest BCUT2D eigenvalue weighted by Crippen LogP contribution is 2.25. The third-order valence-corrected chi connectivity index (χ3v) is 3.87. The average Bonchev–Trinajstić information content (AvgIpc) is 2.96. The molecular weight excluding hydrogens is 344 g/mol. The van der Waals surface area contributed by atoms with Gasteiger partial charge in [0.1, 0.15) is 5.75 Å². The van der Waals surface area contributed by atoms with Crippen LogP contribution in [-0.2, 0) is 0 Å². The van der Waals surface area contributed by atoms with E-state index in [1.54, 1.807) is 17.0 Å². The topological polar surface area (TPSA) is 55.2 Å². The van der Waals surface area contributed by atoms with E-state index in [4.69, 9.17) is 28.6 Å². The second-order valence-electron chi connectivity index (χ2n) is 4.89. The van der Waals surface area contributed by atoms with Crippen molar-refractivity contribution in [3.8, 4) is 17.1 Å². The number of aromatic nitrogens is 3. The molecule has 0 spiro atoms. The van der Waals surface area contributed by atoms with Gasteiger partial charge in [-0.15, -0.1) is 0 Å². The third kappa shape index (κ3) is 3.55. The number of nitrogens with one attached hydrogen (secondary N) is 1. The molecule has 1 aromatic heterocycles. The van der Waals surface area contributed by atoms with Crippen molar-refractivity contribution in [3.05, 3.63) is 63.9 Å². The van der Waals surface area contributed by atoms with Crippen LogP contribution in [-0.4, -0.2) is 27.7 Å². The standard InChI is InChI=1S/C17H15ClN4OS/c1-2-23-13-9-7-12(8-10-13)11-19-22-16(20-21-17(22)24)14-5-3-4-6-15(14)18/h3-11H,2H2,1H3,(H,21,24). The van der Waals surface area contributed by atoms with E-state index in [0.717, 1.165) is 16.9 Å². The van der Waals surface area contributed by atoms with E-state index in [-0.39, 0.29) is 0 Å². The van der Waals surface area contributed by atoms with Gasteiger partial charge in [0.2, 0.25) is 4.77 Å². The molecule has 7 heteroatoms. The summed E-state index contributed by atoms with van der Waals surface area (Å²) in [7, 11) is 0. The van der Waals surface area contributed by atoms with Crippen molar-refractivity contribution in [3.63, 3.8) is 0 Å². The molecule has 0 unspecified atom stereocenters. The Balaban J connectivity index is 1.92. The fourth-order valence-corrected chi connectivity index (χ4v) is 2.56. The Morgan fingerprint density at radius 1 is 1.25 bits per heavy atom. The van der Waals surface area contributed by atoms with Gasteiger partial charge in [0.15, 0.2) is 5.82 Å². The lowest BCUT2D eigenvalue weighted by Gasteiger charge is -2.04. The van der Waals surface area contributed by atoms with Crippen LogP contribution < -0.4 is 4.74 Å². The van der Waals surface area contributed by atoms with Crippen LogP contribution in [0.5, 0.6) is 5.75 Å². The van der Waals surface area contributed by atoms with E-state index < -0.39 is 0 Å². The number of H-pyrrole nitrogens is 1. The van der Waals surface area contributed by atoms with Crippen LogP contribution in [0.2, 0.25) is 5.02 Å². The molecule has 0 saturated carbocycles. The van der Waals surface area contributed by atoms with Crippen LogP contribution in [0.3, 0.4) is 0 Å². The summed E-state index contributed by atoms with van der Waals surface area (Å²) in [5.74, 6) is 1.39. The van der Waals surface area contributed by atoms with Crippen molar-refractivity contribution in [1.29, 1.82) is 0 Å². The van der Waals surface area contributed by atoms with E-state index in [1.807, 2.05) is 49.4 Å². The molecule has 2 aromatic carbocycles. The third-order valence-electron chi connectivity index (χ3n) is 3.28. The number of aromatic amines is 1. The minimum absolute atomic E-state index is 0.395. The maximum Gasteiger partial charge on any atom is 0.216 e. The highest BCUT2D eigenvalue weighted by Gasteiger charge is 2.11. The van der Waals surface area contributed by atoms with Crippen molar-refractivity contribution in [1.82, 2.24) is 14.9 Å². The Morgan fingerprint density at radius 2 is 2.00 bits per heavy atom.